The number of methoxy groups -OCH3 is 1. The van der Waals surface area contributed by atoms with Crippen LogP contribution in [-0.2, 0) is 41.9 Å². The van der Waals surface area contributed by atoms with Crippen molar-refractivity contribution in [2.45, 2.75) is 50.1 Å². The molecule has 69 heavy (non-hydrogen) atoms. The van der Waals surface area contributed by atoms with E-state index in [1.165, 1.54) is 37.9 Å². The zero-order chi connectivity index (χ0) is 49.6. The molecule has 2 aromatic heterocycles. The van der Waals surface area contributed by atoms with Gasteiger partial charge in [-0.2, -0.15) is 9.36 Å². The van der Waals surface area contributed by atoms with Crippen LogP contribution in [0, 0.1) is 0 Å². The number of fused-ring (bicyclic) bond motifs is 1. The van der Waals surface area contributed by atoms with Crippen LogP contribution in [-0.4, -0.2) is 126 Å². The number of esters is 1. The van der Waals surface area contributed by atoms with Gasteiger partial charge in [0.1, 0.15) is 41.7 Å². The fourth-order valence-electron chi connectivity index (χ4n) is 7.36. The number of carboxylic acid groups (broad SMARTS) is 2. The molecule has 0 aliphatic carbocycles. The summed E-state index contributed by atoms with van der Waals surface area (Å²) in [4.78, 5) is 90.0. The number of likely N-dealkylation sites (N-methyl/N-ethyl adjacent to an activating group) is 1. The molecule has 360 valence electrons. The molecule has 2 aliphatic heterocycles. The Morgan fingerprint density at radius 3 is 2.22 bits per heavy atom. The highest BCUT2D eigenvalue weighted by atomic mass is 32.2. The standard InChI is InChI=1S/C47H48N8O12S2/c1-47(2,45(62)63)67-51-35(39-50-46(48)69-52-39)40(57)49-36-41(58)54-37(43(59)60)30(26-68-42(36)54)24-55(3,4)21-20-53-23-34(65-25-27-16-18-31(64-5)19-17-27)33(56)22-32(53)44(61)66-38(28-12-8-6-9-13-28)29-14-10-7-11-15-29/h6-19,22-23,36,38,42H,20-21,24-26H2,1-5H3,(H4-,48,49,50,52,57,59,60,62,63)/p+1/t36-,42+/m1/s1. The average Bonchev–Trinajstić information content (AvgIpc) is 3.76. The molecule has 2 atom stereocenters. The van der Waals surface area contributed by atoms with Crippen molar-refractivity contribution < 1.29 is 57.7 Å². The first kappa shape index (κ1) is 49.3. The second-order valence-electron chi connectivity index (χ2n) is 17.1. The van der Waals surface area contributed by atoms with Crippen LogP contribution in [0.1, 0.15) is 53.0 Å². The van der Waals surface area contributed by atoms with Gasteiger partial charge in [-0.15, -0.1) is 11.8 Å². The van der Waals surface area contributed by atoms with Crippen LogP contribution >= 0.6 is 23.3 Å². The fourth-order valence-corrected chi connectivity index (χ4v) is 9.13. The van der Waals surface area contributed by atoms with Crippen molar-refractivity contribution in [1.82, 2.24) is 24.1 Å². The molecule has 20 nitrogen and oxygen atoms in total. The number of β-lactam (4-membered cyclic amide) rings is 1. The number of rotatable bonds is 20. The Morgan fingerprint density at radius 1 is 0.986 bits per heavy atom. The Hall–Kier alpha value is -7.56. The Morgan fingerprint density at radius 2 is 1.64 bits per heavy atom. The lowest BCUT2D eigenvalue weighted by Gasteiger charge is -2.49. The van der Waals surface area contributed by atoms with Crippen LogP contribution in [0.3, 0.4) is 0 Å². The highest BCUT2D eigenvalue weighted by Crippen LogP contribution is 2.41. The highest BCUT2D eigenvalue weighted by Gasteiger charge is 2.55. The molecule has 4 heterocycles. The van der Waals surface area contributed by atoms with Crippen molar-refractivity contribution in [3.8, 4) is 11.5 Å². The Bertz CT molecular complexity index is 2830. The van der Waals surface area contributed by atoms with Gasteiger partial charge in [-0.25, -0.2) is 14.4 Å². The molecule has 3 aromatic carbocycles. The summed E-state index contributed by atoms with van der Waals surface area (Å²) in [5.74, 6) is -4.62. The Labute approximate surface area is 403 Å². The molecule has 0 unspecified atom stereocenters. The van der Waals surface area contributed by atoms with E-state index in [0.29, 0.717) is 11.3 Å². The Balaban J connectivity index is 1.11. The number of hydrogen-bond donors (Lipinski definition) is 4. The SMILES string of the molecule is COc1ccc(COc2cn(CC[N+](C)(C)CC3=C(C(=O)O)N4C(=O)[C@@H](NC(=O)C(=NOC(C)(C)C(=O)O)c5nsc(N)n5)[C@@H]4SC3)c(C(=O)OC(c3ccccc3)c3ccccc3)cc2=O)cc1. The fraction of sp³-hybridized carbons (Fsp3) is 0.298. The van der Waals surface area contributed by atoms with Gasteiger partial charge in [0.25, 0.3) is 11.8 Å². The minimum Gasteiger partial charge on any atom is -0.497 e. The van der Waals surface area contributed by atoms with Gasteiger partial charge in [0.05, 0.1) is 40.5 Å². The van der Waals surface area contributed by atoms with Crippen LogP contribution in [0.25, 0.3) is 0 Å². The maximum absolute atomic E-state index is 14.3. The summed E-state index contributed by atoms with van der Waals surface area (Å²) in [5.41, 5.74) is 5.17. The zero-order valence-corrected chi connectivity index (χ0v) is 39.7. The van der Waals surface area contributed by atoms with E-state index in [1.807, 2.05) is 74.8 Å². The van der Waals surface area contributed by atoms with Gasteiger partial charge in [0.15, 0.2) is 17.0 Å². The minimum atomic E-state index is -1.85. The molecule has 0 radical (unpaired) electrons. The number of pyridine rings is 1. The monoisotopic (exact) mass is 981 g/mol. The van der Waals surface area contributed by atoms with Crippen LogP contribution < -0.4 is 26.0 Å². The van der Waals surface area contributed by atoms with Crippen LogP contribution in [0.2, 0.25) is 0 Å². The molecular weight excluding hydrogens is 933 g/mol. The van der Waals surface area contributed by atoms with Gasteiger partial charge < -0.3 is 49.4 Å². The van der Waals surface area contributed by atoms with Gasteiger partial charge in [-0.1, -0.05) is 78.0 Å². The second-order valence-corrected chi connectivity index (χ2v) is 19.0. The quantitative estimate of drug-likeness (QED) is 0.0283. The predicted octanol–water partition coefficient (Wildman–Crippen LogP) is 3.92. The van der Waals surface area contributed by atoms with Gasteiger partial charge in [0.2, 0.25) is 22.6 Å². The zero-order valence-electron chi connectivity index (χ0n) is 38.1. The number of nitrogens with one attached hydrogen (secondary N) is 1. The first-order chi connectivity index (χ1) is 32.9. The molecule has 1 saturated heterocycles. The van der Waals surface area contributed by atoms with Crippen molar-refractivity contribution in [2.75, 3.05) is 45.8 Å². The number of nitrogens with zero attached hydrogens (tertiary/aromatic N) is 6. The van der Waals surface area contributed by atoms with E-state index in [1.54, 1.807) is 35.9 Å². The number of carbonyl (C=O) groups excluding carboxylic acids is 3. The summed E-state index contributed by atoms with van der Waals surface area (Å²) >= 11 is 1.99. The lowest BCUT2D eigenvalue weighted by molar-refractivity contribution is -0.886. The third-order valence-electron chi connectivity index (χ3n) is 11.1. The third-order valence-corrected chi connectivity index (χ3v) is 13.0. The van der Waals surface area contributed by atoms with Crippen molar-refractivity contribution >= 4 is 63.9 Å². The molecule has 2 amide bonds. The second kappa shape index (κ2) is 20.8. The molecule has 22 heteroatoms. The van der Waals surface area contributed by atoms with Crippen molar-refractivity contribution in [1.29, 1.82) is 0 Å². The number of ether oxygens (including phenoxy) is 3. The number of quaternary nitrogens is 1. The molecular formula is C47H49N8O12S2+. The lowest BCUT2D eigenvalue weighted by atomic mass is 10.0. The third kappa shape index (κ3) is 11.4. The first-order valence-electron chi connectivity index (χ1n) is 21.3. The van der Waals surface area contributed by atoms with Crippen LogP contribution in [0.4, 0.5) is 5.13 Å². The lowest BCUT2D eigenvalue weighted by Crippen LogP contribution is -2.71. The molecule has 0 bridgehead atoms. The number of aromatic nitrogens is 3. The number of carbonyl (C=O) groups is 5. The minimum absolute atomic E-state index is 0.0131. The van der Waals surface area contributed by atoms with E-state index in [0.717, 1.165) is 33.1 Å². The molecule has 2 aliphatic rings. The summed E-state index contributed by atoms with van der Waals surface area (Å²) < 4.78 is 23.2. The average molecular weight is 982 g/mol. The Kier molecular flexibility index (Phi) is 14.8. The van der Waals surface area contributed by atoms with Crippen molar-refractivity contribution in [3.63, 3.8) is 0 Å². The normalized spacial score (nSPS) is 16.1. The molecule has 5 N–H and O–H groups in total. The number of oxime groups is 1. The van der Waals surface area contributed by atoms with Gasteiger partial charge in [0, 0.05) is 28.9 Å². The predicted molar refractivity (Wildman–Crippen MR) is 253 cm³/mol. The first-order valence-corrected chi connectivity index (χ1v) is 23.1. The summed E-state index contributed by atoms with van der Waals surface area (Å²) in [7, 11) is 5.28. The van der Waals surface area contributed by atoms with Crippen molar-refractivity contribution in [3.05, 3.63) is 147 Å². The summed E-state index contributed by atoms with van der Waals surface area (Å²) in [6.45, 7) is 3.05. The molecule has 1 fully saturated rings. The number of nitrogens with two attached hydrogens (primary N) is 1. The van der Waals surface area contributed by atoms with E-state index in [9.17, 15) is 39.0 Å². The smallest absolute Gasteiger partial charge is 0.356 e. The van der Waals surface area contributed by atoms with E-state index in [4.69, 9.17) is 24.8 Å². The number of benzene rings is 3. The number of aliphatic carboxylic acids is 2. The highest BCUT2D eigenvalue weighted by molar-refractivity contribution is 8.00. The van der Waals surface area contributed by atoms with Gasteiger partial charge in [-0.05, 0) is 42.7 Å². The topological polar surface area (TPSA) is 264 Å². The molecule has 0 saturated carbocycles. The van der Waals surface area contributed by atoms with E-state index >= 15 is 0 Å². The number of amides is 2. The maximum Gasteiger partial charge on any atom is 0.356 e. The number of anilines is 1. The van der Waals surface area contributed by atoms with E-state index in [2.05, 4.69) is 19.8 Å². The van der Waals surface area contributed by atoms with Crippen LogP contribution in [0.15, 0.2) is 118 Å². The van der Waals surface area contributed by atoms with Gasteiger partial charge >= 0.3 is 17.9 Å². The summed E-state index contributed by atoms with van der Waals surface area (Å²) in [6, 6.07) is 25.6. The van der Waals surface area contributed by atoms with E-state index < -0.39 is 64.0 Å². The van der Waals surface area contributed by atoms with E-state index in [-0.39, 0.29) is 64.6 Å². The largest absolute Gasteiger partial charge is 0.497 e. The van der Waals surface area contributed by atoms with Crippen LogP contribution in [0.5, 0.6) is 11.5 Å². The number of carboxylic acids is 2. The summed E-state index contributed by atoms with van der Waals surface area (Å²) in [5, 5.41) is 25.5. The molecule has 0 spiro atoms. The van der Waals surface area contributed by atoms with Crippen molar-refractivity contribution in [2.24, 2.45) is 5.16 Å². The summed E-state index contributed by atoms with van der Waals surface area (Å²) in [6.07, 6.45) is 0.662. The number of hydrogen-bond acceptors (Lipinski definition) is 16. The molecule has 5 aromatic rings. The maximum atomic E-state index is 14.3. The van der Waals surface area contributed by atoms with Gasteiger partial charge in [-0.3, -0.25) is 19.3 Å². The number of thioether (sulfide) groups is 1. The molecule has 7 rings (SSSR count). The number of nitrogen functional groups attached to an aromatic ring is 1.